The van der Waals surface area contributed by atoms with Gasteiger partial charge in [-0.2, -0.15) is 0 Å². The standard InChI is InChI=1S/C17H19NO3/c1-12(17(19)20)18-16(13-6-4-3-5-7-13)14-8-10-15(21-2)11-9-14/h3-12,16,18H,1-2H3,(H,19,20). The lowest BCUT2D eigenvalue weighted by Gasteiger charge is -2.22. The number of nitrogens with one attached hydrogen (secondary N) is 1. The summed E-state index contributed by atoms with van der Waals surface area (Å²) in [6.07, 6.45) is 0. The first kappa shape index (κ1) is 15.1. The summed E-state index contributed by atoms with van der Waals surface area (Å²) in [5, 5.41) is 12.3. The van der Waals surface area contributed by atoms with Crippen LogP contribution in [0.2, 0.25) is 0 Å². The van der Waals surface area contributed by atoms with E-state index in [2.05, 4.69) is 5.32 Å². The molecule has 2 N–H and O–H groups in total. The minimum absolute atomic E-state index is 0.178. The van der Waals surface area contributed by atoms with Crippen LogP contribution in [0, 0.1) is 0 Å². The summed E-state index contributed by atoms with van der Waals surface area (Å²) < 4.78 is 5.16. The Morgan fingerprint density at radius 3 is 2.14 bits per heavy atom. The van der Waals surface area contributed by atoms with E-state index in [4.69, 9.17) is 9.84 Å². The fraction of sp³-hybridized carbons (Fsp3) is 0.235. The molecule has 2 unspecified atom stereocenters. The zero-order valence-electron chi connectivity index (χ0n) is 12.1. The molecule has 0 aliphatic rings. The molecule has 0 aliphatic heterocycles. The van der Waals surface area contributed by atoms with E-state index in [0.29, 0.717) is 0 Å². The molecule has 0 fully saturated rings. The van der Waals surface area contributed by atoms with Gasteiger partial charge in [-0.05, 0) is 30.2 Å². The molecule has 0 bridgehead atoms. The second kappa shape index (κ2) is 6.90. The Labute approximate surface area is 124 Å². The molecule has 2 aromatic carbocycles. The van der Waals surface area contributed by atoms with Crippen molar-refractivity contribution in [3.8, 4) is 5.75 Å². The van der Waals surface area contributed by atoms with Gasteiger partial charge in [0.2, 0.25) is 0 Å². The second-order valence-corrected chi connectivity index (χ2v) is 4.84. The SMILES string of the molecule is COc1ccc(C(NC(C)C(=O)O)c2ccccc2)cc1. The molecule has 0 saturated carbocycles. The largest absolute Gasteiger partial charge is 0.497 e. The summed E-state index contributed by atoms with van der Waals surface area (Å²) in [6, 6.07) is 16.6. The summed E-state index contributed by atoms with van der Waals surface area (Å²) >= 11 is 0. The van der Waals surface area contributed by atoms with Crippen molar-refractivity contribution in [3.05, 3.63) is 65.7 Å². The van der Waals surface area contributed by atoms with Crippen LogP contribution in [0.5, 0.6) is 5.75 Å². The van der Waals surface area contributed by atoms with Crippen LogP contribution in [0.15, 0.2) is 54.6 Å². The van der Waals surface area contributed by atoms with Crippen LogP contribution >= 0.6 is 0 Å². The van der Waals surface area contributed by atoms with Crippen molar-refractivity contribution in [2.24, 2.45) is 0 Å². The lowest BCUT2D eigenvalue weighted by atomic mass is 9.98. The van der Waals surface area contributed by atoms with Crippen LogP contribution in [0.3, 0.4) is 0 Å². The van der Waals surface area contributed by atoms with Gasteiger partial charge < -0.3 is 9.84 Å². The number of carboxylic acid groups (broad SMARTS) is 1. The molecule has 0 aliphatic carbocycles. The van der Waals surface area contributed by atoms with Crippen LogP contribution < -0.4 is 10.1 Å². The van der Waals surface area contributed by atoms with Gasteiger partial charge >= 0.3 is 5.97 Å². The number of hydrogen-bond donors (Lipinski definition) is 2. The molecule has 21 heavy (non-hydrogen) atoms. The van der Waals surface area contributed by atoms with Gasteiger partial charge in [-0.1, -0.05) is 42.5 Å². The number of carboxylic acids is 1. The Morgan fingerprint density at radius 2 is 1.62 bits per heavy atom. The number of carbonyl (C=O) groups is 1. The Bertz CT molecular complexity index is 581. The van der Waals surface area contributed by atoms with Gasteiger partial charge in [-0.15, -0.1) is 0 Å². The number of ether oxygens (including phenoxy) is 1. The predicted octanol–water partition coefficient (Wildman–Crippen LogP) is 2.85. The first-order chi connectivity index (χ1) is 10.1. The topological polar surface area (TPSA) is 58.6 Å². The van der Waals surface area contributed by atoms with Gasteiger partial charge in [0, 0.05) is 0 Å². The molecule has 0 radical (unpaired) electrons. The van der Waals surface area contributed by atoms with E-state index < -0.39 is 12.0 Å². The molecule has 2 rings (SSSR count). The number of benzene rings is 2. The van der Waals surface area contributed by atoms with E-state index in [1.54, 1.807) is 14.0 Å². The monoisotopic (exact) mass is 285 g/mol. The Morgan fingerprint density at radius 1 is 1.05 bits per heavy atom. The Balaban J connectivity index is 2.32. The third-order valence-electron chi connectivity index (χ3n) is 3.37. The Kier molecular flexibility index (Phi) is 4.95. The minimum atomic E-state index is -0.871. The fourth-order valence-electron chi connectivity index (χ4n) is 2.15. The van der Waals surface area contributed by atoms with Crippen LogP contribution in [-0.4, -0.2) is 24.2 Å². The molecular formula is C17H19NO3. The highest BCUT2D eigenvalue weighted by Crippen LogP contribution is 2.24. The molecular weight excluding hydrogens is 266 g/mol. The molecule has 2 atom stereocenters. The van der Waals surface area contributed by atoms with Crippen molar-refractivity contribution in [1.82, 2.24) is 5.32 Å². The number of rotatable bonds is 6. The van der Waals surface area contributed by atoms with Crippen molar-refractivity contribution >= 4 is 5.97 Å². The summed E-state index contributed by atoms with van der Waals surface area (Å²) in [6.45, 7) is 1.64. The normalized spacial score (nSPS) is 13.4. The Hall–Kier alpha value is -2.33. The van der Waals surface area contributed by atoms with Gasteiger partial charge in [-0.25, -0.2) is 0 Å². The first-order valence-corrected chi connectivity index (χ1v) is 6.79. The van der Waals surface area contributed by atoms with Crippen molar-refractivity contribution in [2.75, 3.05) is 7.11 Å². The minimum Gasteiger partial charge on any atom is -0.497 e. The van der Waals surface area contributed by atoms with Crippen molar-refractivity contribution in [2.45, 2.75) is 19.0 Å². The summed E-state index contributed by atoms with van der Waals surface area (Å²) in [5.74, 6) is -0.0960. The maximum atomic E-state index is 11.1. The highest BCUT2D eigenvalue weighted by Gasteiger charge is 2.20. The molecule has 0 saturated heterocycles. The maximum absolute atomic E-state index is 11.1. The summed E-state index contributed by atoms with van der Waals surface area (Å²) in [5.41, 5.74) is 2.02. The molecule has 2 aromatic rings. The lowest BCUT2D eigenvalue weighted by molar-refractivity contribution is -0.139. The smallest absolute Gasteiger partial charge is 0.320 e. The van der Waals surface area contributed by atoms with Gasteiger partial charge in [0.15, 0.2) is 0 Å². The van der Waals surface area contributed by atoms with Crippen molar-refractivity contribution in [1.29, 1.82) is 0 Å². The lowest BCUT2D eigenvalue weighted by Crippen LogP contribution is -2.37. The van der Waals surface area contributed by atoms with Crippen molar-refractivity contribution < 1.29 is 14.6 Å². The van der Waals surface area contributed by atoms with Crippen LogP contribution in [0.25, 0.3) is 0 Å². The van der Waals surface area contributed by atoms with Crippen LogP contribution in [0.1, 0.15) is 24.1 Å². The van der Waals surface area contributed by atoms with E-state index in [0.717, 1.165) is 16.9 Å². The van der Waals surface area contributed by atoms with E-state index in [1.165, 1.54) is 0 Å². The first-order valence-electron chi connectivity index (χ1n) is 6.79. The number of hydrogen-bond acceptors (Lipinski definition) is 3. The molecule has 0 aromatic heterocycles. The molecule has 4 nitrogen and oxygen atoms in total. The summed E-state index contributed by atoms with van der Waals surface area (Å²) in [7, 11) is 1.62. The van der Waals surface area contributed by atoms with Gasteiger partial charge in [0.1, 0.15) is 11.8 Å². The number of aliphatic carboxylic acids is 1. The molecule has 4 heteroatoms. The van der Waals surface area contributed by atoms with E-state index in [9.17, 15) is 4.79 Å². The molecule has 0 spiro atoms. The average molecular weight is 285 g/mol. The molecule has 110 valence electrons. The zero-order valence-corrected chi connectivity index (χ0v) is 12.1. The third kappa shape index (κ3) is 3.83. The number of methoxy groups -OCH3 is 1. The van der Waals surface area contributed by atoms with Gasteiger partial charge in [0.05, 0.1) is 13.2 Å². The molecule has 0 amide bonds. The predicted molar refractivity (Wildman–Crippen MR) is 81.5 cm³/mol. The summed E-state index contributed by atoms with van der Waals surface area (Å²) in [4.78, 5) is 11.1. The molecule has 0 heterocycles. The zero-order chi connectivity index (χ0) is 15.2. The fourth-order valence-corrected chi connectivity index (χ4v) is 2.15. The van der Waals surface area contributed by atoms with Gasteiger partial charge in [-0.3, -0.25) is 10.1 Å². The third-order valence-corrected chi connectivity index (χ3v) is 3.37. The van der Waals surface area contributed by atoms with Crippen molar-refractivity contribution in [3.63, 3.8) is 0 Å². The van der Waals surface area contributed by atoms with Crippen LogP contribution in [-0.2, 0) is 4.79 Å². The quantitative estimate of drug-likeness (QED) is 0.857. The second-order valence-electron chi connectivity index (χ2n) is 4.84. The highest BCUT2D eigenvalue weighted by atomic mass is 16.5. The maximum Gasteiger partial charge on any atom is 0.320 e. The average Bonchev–Trinajstić information content (AvgIpc) is 2.53. The highest BCUT2D eigenvalue weighted by molar-refractivity contribution is 5.73. The van der Waals surface area contributed by atoms with E-state index in [1.807, 2.05) is 54.6 Å². The van der Waals surface area contributed by atoms with Crippen LogP contribution in [0.4, 0.5) is 0 Å². The van der Waals surface area contributed by atoms with E-state index in [-0.39, 0.29) is 6.04 Å². The van der Waals surface area contributed by atoms with Gasteiger partial charge in [0.25, 0.3) is 0 Å². The van der Waals surface area contributed by atoms with E-state index >= 15 is 0 Å².